The summed E-state index contributed by atoms with van der Waals surface area (Å²) in [6.45, 7) is 3.44. The monoisotopic (exact) mass is 339 g/mol. The fourth-order valence-corrected chi connectivity index (χ4v) is 2.99. The van der Waals surface area contributed by atoms with Crippen LogP contribution in [-0.2, 0) is 6.42 Å². The van der Waals surface area contributed by atoms with Crippen LogP contribution in [0, 0.1) is 11.6 Å². The third-order valence-corrected chi connectivity index (χ3v) is 4.35. The van der Waals surface area contributed by atoms with E-state index in [4.69, 9.17) is 0 Å². The van der Waals surface area contributed by atoms with Gasteiger partial charge in [0, 0.05) is 13.1 Å². The van der Waals surface area contributed by atoms with Gasteiger partial charge in [-0.3, -0.25) is 4.99 Å². The molecule has 0 bridgehead atoms. The van der Waals surface area contributed by atoms with Gasteiger partial charge in [0.1, 0.15) is 11.6 Å². The summed E-state index contributed by atoms with van der Waals surface area (Å²) in [4.78, 5) is 4.46. The van der Waals surface area contributed by atoms with Crippen LogP contribution in [-0.4, -0.2) is 36.3 Å². The zero-order chi connectivity index (χ0) is 17.4. The smallest absolute Gasteiger partial charge is 0.191 e. The first-order valence-electron chi connectivity index (χ1n) is 8.71. The second kappa shape index (κ2) is 8.97. The van der Waals surface area contributed by atoms with Crippen LogP contribution < -0.4 is 10.6 Å². The molecule has 134 valence electrons. The van der Waals surface area contributed by atoms with Crippen molar-refractivity contribution in [3.05, 3.63) is 35.4 Å². The average Bonchev–Trinajstić information content (AvgIpc) is 2.56. The zero-order valence-corrected chi connectivity index (χ0v) is 14.2. The predicted octanol–water partition coefficient (Wildman–Crippen LogP) is 2.76. The second-order valence-electron chi connectivity index (χ2n) is 6.39. The highest BCUT2D eigenvalue weighted by Crippen LogP contribution is 2.28. The van der Waals surface area contributed by atoms with Crippen molar-refractivity contribution < 1.29 is 13.9 Å². The summed E-state index contributed by atoms with van der Waals surface area (Å²) in [6.07, 6.45) is 5.17. The molecule has 1 aromatic rings. The van der Waals surface area contributed by atoms with Crippen LogP contribution >= 0.6 is 0 Å². The van der Waals surface area contributed by atoms with Crippen LogP contribution in [0.4, 0.5) is 8.78 Å². The molecule has 0 aromatic heterocycles. The first-order chi connectivity index (χ1) is 11.5. The minimum Gasteiger partial charge on any atom is -0.388 e. The SMILES string of the molecule is CCNC(=NCC1(O)CCCCC1)NCCc1cc(F)ccc1F. The molecule has 0 spiro atoms. The first kappa shape index (κ1) is 18.6. The molecule has 6 heteroatoms. The minimum atomic E-state index is -0.713. The molecule has 0 atom stereocenters. The number of halogens is 2. The summed E-state index contributed by atoms with van der Waals surface area (Å²) in [5.41, 5.74) is -0.376. The topological polar surface area (TPSA) is 56.7 Å². The molecular weight excluding hydrogens is 312 g/mol. The molecule has 3 N–H and O–H groups in total. The van der Waals surface area contributed by atoms with Gasteiger partial charge in [-0.2, -0.15) is 0 Å². The largest absolute Gasteiger partial charge is 0.388 e. The Bertz CT molecular complexity index is 557. The molecule has 0 heterocycles. The molecule has 0 saturated heterocycles. The Hall–Kier alpha value is -1.69. The van der Waals surface area contributed by atoms with Crippen molar-refractivity contribution in [3.63, 3.8) is 0 Å². The van der Waals surface area contributed by atoms with Crippen molar-refractivity contribution in [1.29, 1.82) is 0 Å². The Morgan fingerprint density at radius 2 is 1.96 bits per heavy atom. The molecule has 0 amide bonds. The Balaban J connectivity index is 1.88. The van der Waals surface area contributed by atoms with Gasteiger partial charge in [0.05, 0.1) is 12.1 Å². The highest BCUT2D eigenvalue weighted by Gasteiger charge is 2.28. The fraction of sp³-hybridized carbons (Fsp3) is 0.611. The standard InChI is InChI=1S/C18H27F2N3O/c1-2-21-17(23-13-18(24)9-4-3-5-10-18)22-11-8-14-12-15(19)6-7-16(14)20/h6-7,12,24H,2-5,8-11,13H2,1H3,(H2,21,22,23). The number of nitrogens with one attached hydrogen (secondary N) is 2. The van der Waals surface area contributed by atoms with Crippen LogP contribution in [0.2, 0.25) is 0 Å². The van der Waals surface area contributed by atoms with Gasteiger partial charge >= 0.3 is 0 Å². The lowest BCUT2D eigenvalue weighted by Gasteiger charge is -2.30. The molecule has 4 nitrogen and oxygen atoms in total. The van der Waals surface area contributed by atoms with E-state index in [0.717, 1.165) is 37.8 Å². The number of rotatable bonds is 6. The summed E-state index contributed by atoms with van der Waals surface area (Å²) in [6, 6.07) is 3.47. The van der Waals surface area contributed by atoms with Gasteiger partial charge in [0.2, 0.25) is 0 Å². The Kier molecular flexibility index (Phi) is 6.97. The van der Waals surface area contributed by atoms with Crippen molar-refractivity contribution in [2.24, 2.45) is 4.99 Å². The van der Waals surface area contributed by atoms with Crippen LogP contribution in [0.1, 0.15) is 44.6 Å². The molecule has 2 rings (SSSR count). The van der Waals surface area contributed by atoms with Gasteiger partial charge in [-0.1, -0.05) is 19.3 Å². The van der Waals surface area contributed by atoms with E-state index in [1.807, 2.05) is 6.92 Å². The maximum Gasteiger partial charge on any atom is 0.191 e. The number of guanidine groups is 1. The molecule has 24 heavy (non-hydrogen) atoms. The average molecular weight is 339 g/mol. The van der Waals surface area contributed by atoms with Crippen LogP contribution in [0.15, 0.2) is 23.2 Å². The van der Waals surface area contributed by atoms with Crippen LogP contribution in [0.3, 0.4) is 0 Å². The van der Waals surface area contributed by atoms with Crippen molar-refractivity contribution >= 4 is 5.96 Å². The van der Waals surface area contributed by atoms with Crippen molar-refractivity contribution in [2.75, 3.05) is 19.6 Å². The molecule has 1 aliphatic rings. The minimum absolute atomic E-state index is 0.337. The highest BCUT2D eigenvalue weighted by molar-refractivity contribution is 5.79. The zero-order valence-electron chi connectivity index (χ0n) is 14.2. The number of benzene rings is 1. The number of hydrogen-bond acceptors (Lipinski definition) is 2. The van der Waals surface area contributed by atoms with Gasteiger partial charge < -0.3 is 15.7 Å². The van der Waals surface area contributed by atoms with Crippen LogP contribution in [0.5, 0.6) is 0 Å². The van der Waals surface area contributed by atoms with E-state index in [9.17, 15) is 13.9 Å². The summed E-state index contributed by atoms with van der Waals surface area (Å²) < 4.78 is 26.8. The lowest BCUT2D eigenvalue weighted by molar-refractivity contribution is 0.0131. The number of nitrogens with zero attached hydrogens (tertiary/aromatic N) is 1. The van der Waals surface area contributed by atoms with E-state index in [1.165, 1.54) is 12.5 Å². The van der Waals surface area contributed by atoms with E-state index >= 15 is 0 Å². The van der Waals surface area contributed by atoms with E-state index in [-0.39, 0.29) is 0 Å². The molecular formula is C18H27F2N3O. The molecule has 0 radical (unpaired) electrons. The molecule has 0 unspecified atom stereocenters. The predicted molar refractivity (Wildman–Crippen MR) is 92.1 cm³/mol. The van der Waals surface area contributed by atoms with Crippen molar-refractivity contribution in [2.45, 2.75) is 51.0 Å². The van der Waals surface area contributed by atoms with Gasteiger partial charge in [0.15, 0.2) is 5.96 Å². The number of hydrogen-bond donors (Lipinski definition) is 3. The van der Waals surface area contributed by atoms with E-state index < -0.39 is 17.2 Å². The van der Waals surface area contributed by atoms with E-state index in [1.54, 1.807) is 0 Å². The Labute approximate surface area is 142 Å². The summed E-state index contributed by atoms with van der Waals surface area (Å²) in [5, 5.41) is 16.7. The molecule has 1 aromatic carbocycles. The second-order valence-corrected chi connectivity index (χ2v) is 6.39. The van der Waals surface area contributed by atoms with E-state index in [2.05, 4.69) is 15.6 Å². The summed E-state index contributed by atoms with van der Waals surface area (Å²) >= 11 is 0. The number of aliphatic hydroxyl groups is 1. The Morgan fingerprint density at radius 1 is 1.21 bits per heavy atom. The first-order valence-corrected chi connectivity index (χ1v) is 8.71. The molecule has 1 saturated carbocycles. The quantitative estimate of drug-likeness (QED) is 0.552. The van der Waals surface area contributed by atoms with Gasteiger partial charge in [-0.25, -0.2) is 8.78 Å². The lowest BCUT2D eigenvalue weighted by Crippen LogP contribution is -2.41. The maximum atomic E-state index is 13.6. The molecule has 1 aliphatic carbocycles. The third kappa shape index (κ3) is 5.74. The highest BCUT2D eigenvalue weighted by atomic mass is 19.1. The van der Waals surface area contributed by atoms with Gasteiger partial charge in [0.25, 0.3) is 0 Å². The Morgan fingerprint density at radius 3 is 2.67 bits per heavy atom. The lowest BCUT2D eigenvalue weighted by atomic mass is 9.85. The number of aliphatic imine (C=N–C) groups is 1. The maximum absolute atomic E-state index is 13.6. The third-order valence-electron chi connectivity index (χ3n) is 4.35. The van der Waals surface area contributed by atoms with Crippen LogP contribution in [0.25, 0.3) is 0 Å². The molecule has 0 aliphatic heterocycles. The summed E-state index contributed by atoms with van der Waals surface area (Å²) in [5.74, 6) is -0.253. The fourth-order valence-electron chi connectivity index (χ4n) is 2.99. The summed E-state index contributed by atoms with van der Waals surface area (Å²) in [7, 11) is 0. The van der Waals surface area contributed by atoms with Crippen molar-refractivity contribution in [3.8, 4) is 0 Å². The normalized spacial score (nSPS) is 17.6. The van der Waals surface area contributed by atoms with E-state index in [0.29, 0.717) is 37.6 Å². The van der Waals surface area contributed by atoms with Crippen molar-refractivity contribution in [1.82, 2.24) is 10.6 Å². The van der Waals surface area contributed by atoms with Gasteiger partial charge in [-0.15, -0.1) is 0 Å². The van der Waals surface area contributed by atoms with Gasteiger partial charge in [-0.05, 0) is 49.9 Å². The molecule has 1 fully saturated rings.